The zero-order valence-electron chi connectivity index (χ0n) is 10.7. The summed E-state index contributed by atoms with van der Waals surface area (Å²) in [4.78, 5) is 0. The topological polar surface area (TPSA) is 32.3 Å². The van der Waals surface area contributed by atoms with Crippen molar-refractivity contribution in [2.45, 2.75) is 39.8 Å². The third-order valence-corrected chi connectivity index (χ3v) is 2.93. The maximum atomic E-state index is 9.12. The second-order valence-electron chi connectivity index (χ2n) is 4.83. The Balaban J connectivity index is 2.90. The van der Waals surface area contributed by atoms with Gasteiger partial charge in [0.15, 0.2) is 0 Å². The van der Waals surface area contributed by atoms with Gasteiger partial charge in [0, 0.05) is 12.1 Å². The molecule has 0 aliphatic heterocycles. The van der Waals surface area contributed by atoms with E-state index in [0.29, 0.717) is 12.0 Å². The van der Waals surface area contributed by atoms with E-state index < -0.39 is 0 Å². The molecule has 1 aromatic rings. The average molecular weight is 221 g/mol. The monoisotopic (exact) mass is 221 g/mol. The number of aryl methyl sites for hydroxylation is 1. The van der Waals surface area contributed by atoms with E-state index in [9.17, 15) is 0 Å². The summed E-state index contributed by atoms with van der Waals surface area (Å²) < 4.78 is 0. The number of hydrogen-bond acceptors (Lipinski definition) is 2. The molecule has 0 spiro atoms. The smallest absolute Gasteiger partial charge is 0.0582 e. The largest absolute Gasteiger partial charge is 0.395 e. The van der Waals surface area contributed by atoms with Crippen molar-refractivity contribution in [2.24, 2.45) is 5.92 Å². The third kappa shape index (κ3) is 3.32. The van der Waals surface area contributed by atoms with Crippen molar-refractivity contribution in [1.29, 1.82) is 0 Å². The molecule has 0 saturated heterocycles. The summed E-state index contributed by atoms with van der Waals surface area (Å²) in [5, 5.41) is 12.6. The lowest BCUT2D eigenvalue weighted by molar-refractivity contribution is 0.229. The van der Waals surface area contributed by atoms with Gasteiger partial charge in [0.2, 0.25) is 0 Å². The predicted molar refractivity (Wildman–Crippen MR) is 68.4 cm³/mol. The first-order chi connectivity index (χ1) is 7.56. The summed E-state index contributed by atoms with van der Waals surface area (Å²) >= 11 is 0. The van der Waals surface area contributed by atoms with Crippen molar-refractivity contribution < 1.29 is 5.11 Å². The highest BCUT2D eigenvalue weighted by Crippen LogP contribution is 2.24. The van der Waals surface area contributed by atoms with E-state index in [0.717, 1.165) is 0 Å². The van der Waals surface area contributed by atoms with Crippen LogP contribution in [0.2, 0.25) is 0 Å². The van der Waals surface area contributed by atoms with E-state index in [2.05, 4.69) is 50.4 Å². The van der Waals surface area contributed by atoms with E-state index >= 15 is 0 Å². The number of hydrogen-bond donors (Lipinski definition) is 2. The lowest BCUT2D eigenvalue weighted by Gasteiger charge is -2.27. The summed E-state index contributed by atoms with van der Waals surface area (Å²) in [6, 6.07) is 8.87. The number of nitrogens with one attached hydrogen (secondary N) is 1. The number of aliphatic hydroxyl groups excluding tert-OH is 1. The Bertz CT molecular complexity index is 322. The zero-order valence-corrected chi connectivity index (χ0v) is 10.7. The molecule has 0 saturated carbocycles. The zero-order chi connectivity index (χ0) is 12.1. The number of rotatable bonds is 5. The van der Waals surface area contributed by atoms with Gasteiger partial charge in [-0.25, -0.2) is 0 Å². The fourth-order valence-corrected chi connectivity index (χ4v) is 1.94. The van der Waals surface area contributed by atoms with Crippen molar-refractivity contribution in [2.75, 3.05) is 6.61 Å². The van der Waals surface area contributed by atoms with Gasteiger partial charge in [0.1, 0.15) is 0 Å². The molecule has 0 amide bonds. The Hall–Kier alpha value is -0.860. The minimum atomic E-state index is 0.131. The molecule has 16 heavy (non-hydrogen) atoms. The molecule has 0 fully saturated rings. The number of aliphatic hydroxyl groups is 1. The Morgan fingerprint density at radius 3 is 2.31 bits per heavy atom. The fraction of sp³-hybridized carbons (Fsp3) is 0.571. The van der Waals surface area contributed by atoms with Gasteiger partial charge >= 0.3 is 0 Å². The predicted octanol–water partition coefficient (Wildman–Crippen LogP) is 2.66. The summed E-state index contributed by atoms with van der Waals surface area (Å²) in [5.74, 6) is 0.509. The highest BCUT2D eigenvalue weighted by Gasteiger charge is 2.18. The summed E-state index contributed by atoms with van der Waals surface area (Å²) in [6.07, 6.45) is 0. The lowest BCUT2D eigenvalue weighted by Crippen LogP contribution is -2.36. The van der Waals surface area contributed by atoms with Crippen LogP contribution in [-0.2, 0) is 0 Å². The molecule has 1 unspecified atom stereocenters. The molecule has 0 heterocycles. The van der Waals surface area contributed by atoms with Gasteiger partial charge in [-0.15, -0.1) is 0 Å². The van der Waals surface area contributed by atoms with Crippen LogP contribution >= 0.6 is 0 Å². The molecule has 0 bridgehead atoms. The lowest BCUT2D eigenvalue weighted by atomic mass is 9.92. The Labute approximate surface area is 98.7 Å². The SMILES string of the molecule is Cc1ccccc1C(N[C@H](C)CO)C(C)C. The maximum absolute atomic E-state index is 9.12. The van der Waals surface area contributed by atoms with Crippen molar-refractivity contribution in [3.63, 3.8) is 0 Å². The van der Waals surface area contributed by atoms with Crippen LogP contribution in [0.25, 0.3) is 0 Å². The van der Waals surface area contributed by atoms with Crippen LogP contribution in [0.5, 0.6) is 0 Å². The van der Waals surface area contributed by atoms with Crippen LogP contribution < -0.4 is 5.32 Å². The van der Waals surface area contributed by atoms with Crippen LogP contribution in [0, 0.1) is 12.8 Å². The van der Waals surface area contributed by atoms with E-state index in [1.165, 1.54) is 11.1 Å². The molecule has 2 heteroatoms. The first kappa shape index (κ1) is 13.2. The molecule has 2 atom stereocenters. The standard InChI is InChI=1S/C14H23NO/c1-10(2)14(15-12(4)9-16)13-8-6-5-7-11(13)3/h5-8,10,12,14-16H,9H2,1-4H3/t12-,14?/m1/s1. The quantitative estimate of drug-likeness (QED) is 0.801. The van der Waals surface area contributed by atoms with E-state index in [4.69, 9.17) is 5.11 Å². The van der Waals surface area contributed by atoms with Crippen molar-refractivity contribution in [1.82, 2.24) is 5.32 Å². The molecule has 0 radical (unpaired) electrons. The van der Waals surface area contributed by atoms with Gasteiger partial charge in [-0.3, -0.25) is 0 Å². The Morgan fingerprint density at radius 1 is 1.19 bits per heavy atom. The molecule has 90 valence electrons. The van der Waals surface area contributed by atoms with Crippen LogP contribution in [0.3, 0.4) is 0 Å². The van der Waals surface area contributed by atoms with Gasteiger partial charge in [0.25, 0.3) is 0 Å². The molecule has 2 nitrogen and oxygen atoms in total. The molecule has 1 aromatic carbocycles. The molecular weight excluding hydrogens is 198 g/mol. The van der Waals surface area contributed by atoms with Gasteiger partial charge in [0.05, 0.1) is 6.61 Å². The number of benzene rings is 1. The van der Waals surface area contributed by atoms with Gasteiger partial charge in [-0.1, -0.05) is 38.1 Å². The maximum Gasteiger partial charge on any atom is 0.0582 e. The average Bonchev–Trinajstić information content (AvgIpc) is 2.26. The van der Waals surface area contributed by atoms with Gasteiger partial charge in [-0.05, 0) is 30.9 Å². The Kier molecular flexibility index (Phi) is 4.97. The molecule has 0 aliphatic carbocycles. The van der Waals surface area contributed by atoms with Crippen LogP contribution in [0.4, 0.5) is 0 Å². The van der Waals surface area contributed by atoms with Crippen LogP contribution in [0.1, 0.15) is 37.9 Å². The van der Waals surface area contributed by atoms with Crippen molar-refractivity contribution >= 4 is 0 Å². The molecule has 0 aromatic heterocycles. The second kappa shape index (κ2) is 6.02. The first-order valence-corrected chi connectivity index (χ1v) is 5.98. The fourth-order valence-electron chi connectivity index (χ4n) is 1.94. The van der Waals surface area contributed by atoms with Crippen molar-refractivity contribution in [3.05, 3.63) is 35.4 Å². The van der Waals surface area contributed by atoms with Gasteiger partial charge in [-0.2, -0.15) is 0 Å². The highest BCUT2D eigenvalue weighted by atomic mass is 16.3. The van der Waals surface area contributed by atoms with Crippen LogP contribution in [0.15, 0.2) is 24.3 Å². The summed E-state index contributed by atoms with van der Waals surface area (Å²) in [6.45, 7) is 8.72. The molecule has 1 rings (SSSR count). The van der Waals surface area contributed by atoms with E-state index in [1.54, 1.807) is 0 Å². The third-order valence-electron chi connectivity index (χ3n) is 2.93. The highest BCUT2D eigenvalue weighted by molar-refractivity contribution is 5.29. The van der Waals surface area contributed by atoms with E-state index in [-0.39, 0.29) is 12.6 Å². The minimum Gasteiger partial charge on any atom is -0.395 e. The molecule has 2 N–H and O–H groups in total. The summed E-state index contributed by atoms with van der Waals surface area (Å²) in [7, 11) is 0. The van der Waals surface area contributed by atoms with Crippen molar-refractivity contribution in [3.8, 4) is 0 Å². The molecule has 0 aliphatic rings. The normalized spacial score (nSPS) is 15.1. The molecular formula is C14H23NO. The first-order valence-electron chi connectivity index (χ1n) is 5.98. The minimum absolute atomic E-state index is 0.131. The summed E-state index contributed by atoms with van der Waals surface area (Å²) in [5.41, 5.74) is 2.64. The van der Waals surface area contributed by atoms with Crippen LogP contribution in [-0.4, -0.2) is 17.8 Å². The van der Waals surface area contributed by atoms with Gasteiger partial charge < -0.3 is 10.4 Å². The van der Waals surface area contributed by atoms with E-state index in [1.807, 2.05) is 6.92 Å². The Morgan fingerprint density at radius 2 is 1.81 bits per heavy atom. The second-order valence-corrected chi connectivity index (χ2v) is 4.83.